The Balaban J connectivity index is 3.40. The topological polar surface area (TPSA) is 89.8 Å². The molecule has 4 N–H and O–H groups in total. The van der Waals surface area contributed by atoms with Gasteiger partial charge in [-0.2, -0.15) is 0 Å². The van der Waals surface area contributed by atoms with Crippen molar-refractivity contribution in [1.29, 1.82) is 0 Å². The zero-order valence-corrected chi connectivity index (χ0v) is 51.7. The van der Waals surface area contributed by atoms with E-state index in [1.807, 2.05) is 0 Å². The number of carbonyl (C=O) groups is 1. The van der Waals surface area contributed by atoms with E-state index in [1.54, 1.807) is 0 Å². The van der Waals surface area contributed by atoms with Gasteiger partial charge in [0, 0.05) is 0 Å². The van der Waals surface area contributed by atoms with Gasteiger partial charge in [-0.3, -0.25) is 4.79 Å². The number of aliphatic hydroxyl groups excluding tert-OH is 3. The van der Waals surface area contributed by atoms with E-state index in [1.165, 1.54) is 360 Å². The number of aliphatic hydroxyl groups is 3. The van der Waals surface area contributed by atoms with Crippen molar-refractivity contribution in [3.8, 4) is 0 Å². The highest BCUT2D eigenvalue weighted by atomic mass is 16.3. The summed E-state index contributed by atoms with van der Waals surface area (Å²) in [4.78, 5) is 12.6. The molecular formula is C70H141NO4. The zero-order chi connectivity index (χ0) is 54.3. The molecule has 0 heterocycles. The summed E-state index contributed by atoms with van der Waals surface area (Å²) in [5, 5.41) is 33.7. The lowest BCUT2D eigenvalue weighted by atomic mass is 10.0. The van der Waals surface area contributed by atoms with Crippen molar-refractivity contribution in [2.75, 3.05) is 6.61 Å². The number of carbonyl (C=O) groups excluding carboxylic acids is 1. The van der Waals surface area contributed by atoms with Crippen LogP contribution in [-0.4, -0.2) is 46.1 Å². The Hall–Kier alpha value is -0.650. The first-order valence-corrected chi connectivity index (χ1v) is 35.3. The molecule has 0 aliphatic heterocycles. The molecule has 0 aromatic carbocycles. The summed E-state index contributed by atoms with van der Waals surface area (Å²) in [6, 6.07) is -0.709. The molecule has 0 aromatic heterocycles. The van der Waals surface area contributed by atoms with E-state index in [0.717, 1.165) is 32.1 Å². The van der Waals surface area contributed by atoms with Crippen molar-refractivity contribution in [3.05, 3.63) is 0 Å². The van der Waals surface area contributed by atoms with Crippen LogP contribution in [0.15, 0.2) is 0 Å². The first-order valence-electron chi connectivity index (χ1n) is 35.3. The molecule has 0 saturated carbocycles. The van der Waals surface area contributed by atoms with Crippen LogP contribution in [0.4, 0.5) is 0 Å². The van der Waals surface area contributed by atoms with Crippen LogP contribution in [0, 0.1) is 0 Å². The SMILES string of the molecule is CCCCCCCCCCCCCCCCCCCCCCCCCCCCCCCCCCCCCCCCC(O)C(=O)NC(CO)C(O)CCCCCCCCCCCCCCCCCCCCCCCCC. The second kappa shape index (κ2) is 65.9. The Bertz CT molecular complexity index is 1040. The lowest BCUT2D eigenvalue weighted by molar-refractivity contribution is -0.131. The number of hydrogen-bond acceptors (Lipinski definition) is 4. The van der Waals surface area contributed by atoms with E-state index < -0.39 is 24.2 Å². The molecule has 5 heteroatoms. The average Bonchev–Trinajstić information content (AvgIpc) is 3.41. The molecule has 3 atom stereocenters. The van der Waals surface area contributed by atoms with E-state index in [-0.39, 0.29) is 6.61 Å². The minimum Gasteiger partial charge on any atom is -0.394 e. The molecule has 0 saturated heterocycles. The van der Waals surface area contributed by atoms with E-state index >= 15 is 0 Å². The van der Waals surface area contributed by atoms with Crippen molar-refractivity contribution in [3.63, 3.8) is 0 Å². The monoisotopic (exact) mass is 1060 g/mol. The van der Waals surface area contributed by atoms with Gasteiger partial charge in [-0.15, -0.1) is 0 Å². The predicted octanol–water partition coefficient (Wildman–Crippen LogP) is 22.8. The maximum atomic E-state index is 12.6. The van der Waals surface area contributed by atoms with Crippen LogP contribution in [0.5, 0.6) is 0 Å². The average molecular weight is 1060 g/mol. The first-order chi connectivity index (χ1) is 37.1. The summed E-state index contributed by atoms with van der Waals surface area (Å²) in [5.74, 6) is -0.459. The molecule has 0 aliphatic carbocycles. The quantitative estimate of drug-likeness (QED) is 0.0457. The minimum absolute atomic E-state index is 0.307. The summed E-state index contributed by atoms with van der Waals surface area (Å²) in [7, 11) is 0. The molecular weight excluding hydrogens is 919 g/mol. The molecule has 0 radical (unpaired) electrons. The highest BCUT2D eigenvalue weighted by Crippen LogP contribution is 2.20. The van der Waals surface area contributed by atoms with Gasteiger partial charge in [-0.05, 0) is 12.8 Å². The molecule has 75 heavy (non-hydrogen) atoms. The number of hydrogen-bond donors (Lipinski definition) is 4. The fourth-order valence-electron chi connectivity index (χ4n) is 11.8. The summed E-state index contributed by atoms with van der Waals surface area (Å²) in [6.45, 7) is 4.29. The first kappa shape index (κ1) is 74.3. The number of amides is 1. The van der Waals surface area contributed by atoms with E-state index in [0.29, 0.717) is 12.8 Å². The maximum Gasteiger partial charge on any atom is 0.249 e. The molecule has 5 nitrogen and oxygen atoms in total. The number of rotatable bonds is 67. The lowest BCUT2D eigenvalue weighted by Crippen LogP contribution is -2.49. The Morgan fingerprint density at radius 1 is 0.267 bits per heavy atom. The van der Waals surface area contributed by atoms with Gasteiger partial charge >= 0.3 is 0 Å². The minimum atomic E-state index is -1.07. The van der Waals surface area contributed by atoms with Crippen molar-refractivity contribution < 1.29 is 20.1 Å². The predicted molar refractivity (Wildman–Crippen MR) is 333 cm³/mol. The third-order valence-electron chi connectivity index (χ3n) is 17.2. The third-order valence-corrected chi connectivity index (χ3v) is 17.2. The van der Waals surface area contributed by atoms with Gasteiger partial charge < -0.3 is 20.6 Å². The molecule has 450 valence electrons. The molecule has 0 aliphatic rings. The van der Waals surface area contributed by atoms with Crippen LogP contribution in [-0.2, 0) is 4.79 Å². The Morgan fingerprint density at radius 2 is 0.427 bits per heavy atom. The van der Waals surface area contributed by atoms with Crippen molar-refractivity contribution in [1.82, 2.24) is 5.32 Å². The third kappa shape index (κ3) is 60.8. The van der Waals surface area contributed by atoms with E-state index in [4.69, 9.17) is 0 Å². The normalized spacial score (nSPS) is 13.0. The second-order valence-electron chi connectivity index (χ2n) is 24.8. The highest BCUT2D eigenvalue weighted by Gasteiger charge is 2.23. The molecule has 0 fully saturated rings. The lowest BCUT2D eigenvalue weighted by Gasteiger charge is -2.23. The second-order valence-corrected chi connectivity index (χ2v) is 24.8. The molecule has 0 bridgehead atoms. The van der Waals surface area contributed by atoms with Crippen LogP contribution in [0.3, 0.4) is 0 Å². The largest absolute Gasteiger partial charge is 0.394 e. The zero-order valence-electron chi connectivity index (χ0n) is 51.7. The number of unbranched alkanes of at least 4 members (excludes halogenated alkanes) is 59. The Morgan fingerprint density at radius 3 is 0.600 bits per heavy atom. The van der Waals surface area contributed by atoms with Gasteiger partial charge in [0.05, 0.1) is 18.8 Å². The molecule has 0 spiro atoms. The highest BCUT2D eigenvalue weighted by molar-refractivity contribution is 5.80. The van der Waals surface area contributed by atoms with Gasteiger partial charge in [0.2, 0.25) is 5.91 Å². The fraction of sp³-hybridized carbons (Fsp3) is 0.986. The van der Waals surface area contributed by atoms with Gasteiger partial charge in [-0.25, -0.2) is 0 Å². The van der Waals surface area contributed by atoms with Gasteiger partial charge in [-0.1, -0.05) is 406 Å². The van der Waals surface area contributed by atoms with Crippen LogP contribution in [0.25, 0.3) is 0 Å². The van der Waals surface area contributed by atoms with Crippen LogP contribution in [0.1, 0.15) is 418 Å². The van der Waals surface area contributed by atoms with Crippen molar-refractivity contribution >= 4 is 5.91 Å². The Labute approximate surface area is 472 Å². The van der Waals surface area contributed by atoms with E-state index in [2.05, 4.69) is 19.2 Å². The summed E-state index contributed by atoms with van der Waals surface area (Å²) >= 11 is 0. The summed E-state index contributed by atoms with van der Waals surface area (Å²) < 4.78 is 0. The van der Waals surface area contributed by atoms with Gasteiger partial charge in [0.15, 0.2) is 0 Å². The summed E-state index contributed by atoms with van der Waals surface area (Å²) in [5.41, 5.74) is 0. The van der Waals surface area contributed by atoms with Crippen molar-refractivity contribution in [2.24, 2.45) is 0 Å². The smallest absolute Gasteiger partial charge is 0.249 e. The molecule has 1 amide bonds. The molecule has 3 unspecified atom stereocenters. The standard InChI is InChI=1S/C70H141NO4/c1-3-5-7-9-11-13-15-17-19-21-23-25-27-28-29-30-31-32-33-34-35-36-37-38-39-40-41-43-45-47-49-51-53-55-57-59-61-63-65-69(74)70(75)71-67(66-72)68(73)64-62-60-58-56-54-52-50-48-46-44-42-26-24-22-20-18-16-14-12-10-8-6-4-2/h67-69,72-74H,3-66H2,1-2H3,(H,71,75). The van der Waals surface area contributed by atoms with Crippen molar-refractivity contribution in [2.45, 2.75) is 437 Å². The van der Waals surface area contributed by atoms with Crippen LogP contribution < -0.4 is 5.32 Å². The Kier molecular flexibility index (Phi) is 65.3. The summed E-state index contributed by atoms with van der Waals surface area (Å²) in [6.07, 6.45) is 83.7. The fourth-order valence-corrected chi connectivity index (χ4v) is 11.8. The number of nitrogens with one attached hydrogen (secondary N) is 1. The van der Waals surface area contributed by atoms with Crippen LogP contribution in [0.2, 0.25) is 0 Å². The van der Waals surface area contributed by atoms with E-state index in [9.17, 15) is 20.1 Å². The van der Waals surface area contributed by atoms with Crippen LogP contribution >= 0.6 is 0 Å². The maximum absolute atomic E-state index is 12.6. The van der Waals surface area contributed by atoms with Gasteiger partial charge in [0.1, 0.15) is 6.10 Å². The van der Waals surface area contributed by atoms with Gasteiger partial charge in [0.25, 0.3) is 0 Å². The molecule has 0 rings (SSSR count). The molecule has 0 aromatic rings.